The summed E-state index contributed by atoms with van der Waals surface area (Å²) in [4.78, 5) is 0. The van der Waals surface area contributed by atoms with Crippen molar-refractivity contribution in [2.24, 2.45) is 5.92 Å². The van der Waals surface area contributed by atoms with Crippen LogP contribution >= 0.6 is 23.2 Å². The summed E-state index contributed by atoms with van der Waals surface area (Å²) in [5.41, 5.74) is 4.02. The molecule has 4 aromatic carbocycles. The smallest absolute Gasteiger partial charge is 0.187 e. The molecule has 1 saturated heterocycles. The lowest BCUT2D eigenvalue weighted by molar-refractivity contribution is -0.349. The van der Waals surface area contributed by atoms with Crippen LogP contribution in [0.5, 0.6) is 0 Å². The highest BCUT2D eigenvalue weighted by Gasteiger charge is 2.61. The van der Waals surface area contributed by atoms with E-state index in [0.717, 1.165) is 22.3 Å². The molecule has 2 aliphatic rings. The van der Waals surface area contributed by atoms with Crippen LogP contribution in [0.4, 0.5) is 0 Å². The number of hydrogen-bond acceptors (Lipinski definition) is 7. The minimum Gasteiger partial charge on any atom is -0.390 e. The van der Waals surface area contributed by atoms with Crippen molar-refractivity contribution in [1.29, 1.82) is 0 Å². The summed E-state index contributed by atoms with van der Waals surface area (Å²) >= 11 is 13.2. The molecule has 9 heteroatoms. The molecule has 6 rings (SSSR count). The zero-order valence-electron chi connectivity index (χ0n) is 26.9. The van der Waals surface area contributed by atoms with Crippen molar-refractivity contribution in [3.8, 4) is 0 Å². The summed E-state index contributed by atoms with van der Waals surface area (Å²) in [5, 5.41) is 10.5. The maximum absolute atomic E-state index is 10.5. The number of alkyl halides is 2. The van der Waals surface area contributed by atoms with Crippen molar-refractivity contribution in [1.82, 2.24) is 0 Å². The molecule has 4 aromatic rings. The molecule has 0 amide bonds. The zero-order valence-corrected chi connectivity index (χ0v) is 28.4. The third kappa shape index (κ3) is 8.66. The molecule has 1 N–H and O–H groups in total. The van der Waals surface area contributed by atoms with E-state index in [1.807, 2.05) is 128 Å². The van der Waals surface area contributed by atoms with E-state index in [2.05, 4.69) is 0 Å². The van der Waals surface area contributed by atoms with Crippen LogP contribution in [0.15, 0.2) is 121 Å². The summed E-state index contributed by atoms with van der Waals surface area (Å²) < 4.78 is 38.1. The summed E-state index contributed by atoms with van der Waals surface area (Å²) in [6.07, 6.45) is -5.25. The first kappa shape index (κ1) is 35.0. The van der Waals surface area contributed by atoms with Gasteiger partial charge in [0.05, 0.1) is 39.1 Å². The SMILES string of the molecule is C[C@@H]1[C@H](O)C(Cl)(Cl)[C@H]1O[C@@H]1O[C@H](COCc2ccccc2)[C@H](OCc2ccccc2)[C@H](OCc2ccccc2)[C@H]1OCc1ccccc1. The van der Waals surface area contributed by atoms with Crippen molar-refractivity contribution in [3.63, 3.8) is 0 Å². The van der Waals surface area contributed by atoms with Crippen molar-refractivity contribution in [3.05, 3.63) is 144 Å². The van der Waals surface area contributed by atoms with Gasteiger partial charge < -0.3 is 33.5 Å². The molecule has 1 aliphatic carbocycles. The van der Waals surface area contributed by atoms with Crippen LogP contribution < -0.4 is 0 Å². The van der Waals surface area contributed by atoms with Gasteiger partial charge in [-0.05, 0) is 22.3 Å². The second-order valence-electron chi connectivity index (χ2n) is 12.4. The molecule has 1 aliphatic heterocycles. The Kier molecular flexibility index (Phi) is 12.2. The van der Waals surface area contributed by atoms with Gasteiger partial charge in [0.15, 0.2) is 10.6 Å². The maximum atomic E-state index is 10.5. The Labute approximate surface area is 292 Å². The van der Waals surface area contributed by atoms with Crippen LogP contribution in [0, 0.1) is 5.92 Å². The maximum Gasteiger partial charge on any atom is 0.187 e. The third-order valence-electron chi connectivity index (χ3n) is 8.87. The van der Waals surface area contributed by atoms with E-state index in [4.69, 9.17) is 51.6 Å². The predicted molar refractivity (Wildman–Crippen MR) is 184 cm³/mol. The molecule has 1 heterocycles. The summed E-state index contributed by atoms with van der Waals surface area (Å²) in [6, 6.07) is 39.8. The van der Waals surface area contributed by atoms with Gasteiger partial charge >= 0.3 is 0 Å². The fraction of sp³-hybridized carbons (Fsp3) is 0.385. The predicted octanol–water partition coefficient (Wildman–Crippen LogP) is 7.25. The molecule has 2 fully saturated rings. The highest BCUT2D eigenvalue weighted by atomic mass is 35.5. The van der Waals surface area contributed by atoms with E-state index in [1.165, 1.54) is 0 Å². The van der Waals surface area contributed by atoms with Crippen molar-refractivity contribution >= 4 is 23.2 Å². The first-order valence-corrected chi connectivity index (χ1v) is 17.1. The fourth-order valence-corrected chi connectivity index (χ4v) is 7.03. The highest BCUT2D eigenvalue weighted by molar-refractivity contribution is 6.50. The zero-order chi connectivity index (χ0) is 33.3. The summed E-state index contributed by atoms with van der Waals surface area (Å²) in [5.74, 6) is -0.332. The largest absolute Gasteiger partial charge is 0.390 e. The molecule has 0 unspecified atom stereocenters. The van der Waals surface area contributed by atoms with Gasteiger partial charge in [0.1, 0.15) is 30.5 Å². The van der Waals surface area contributed by atoms with E-state index in [-0.39, 0.29) is 19.1 Å². The van der Waals surface area contributed by atoms with Crippen LogP contribution in [0.3, 0.4) is 0 Å². The number of ether oxygens (including phenoxy) is 6. The minimum absolute atomic E-state index is 0.195. The van der Waals surface area contributed by atoms with Gasteiger partial charge in [0, 0.05) is 5.92 Å². The quantitative estimate of drug-likeness (QED) is 0.132. The Bertz CT molecular complexity index is 1510. The van der Waals surface area contributed by atoms with Gasteiger partial charge in [0.25, 0.3) is 0 Å². The van der Waals surface area contributed by atoms with Crippen LogP contribution in [0.2, 0.25) is 0 Å². The molecule has 48 heavy (non-hydrogen) atoms. The fourth-order valence-electron chi connectivity index (χ4n) is 6.13. The lowest BCUT2D eigenvalue weighted by atomic mass is 9.78. The molecule has 0 spiro atoms. The Hall–Kier alpha value is -2.82. The average molecular weight is 694 g/mol. The Morgan fingerprint density at radius 1 is 0.604 bits per heavy atom. The minimum atomic E-state index is -1.51. The first-order valence-electron chi connectivity index (χ1n) is 16.3. The van der Waals surface area contributed by atoms with E-state index in [9.17, 15) is 5.11 Å². The molecule has 7 nitrogen and oxygen atoms in total. The van der Waals surface area contributed by atoms with Crippen molar-refractivity contribution in [2.75, 3.05) is 6.61 Å². The molecule has 8 atom stereocenters. The molecular weight excluding hydrogens is 651 g/mol. The standard InChI is InChI=1S/C39H42Cl2O7/c1-27-36(42)39(40,41)37(27)48-38-35(46-25-31-20-12-5-13-21-31)34(45-24-30-18-10-4-11-19-30)33(44-23-29-16-8-3-9-17-29)32(47-38)26-43-22-28-14-6-2-7-15-28/h2-21,27,32-38,42H,22-26H2,1H3/t27-,32-,33+,34+,35-,36+,37+,38+/m1/s1. The van der Waals surface area contributed by atoms with Gasteiger partial charge in [-0.25, -0.2) is 0 Å². The number of rotatable bonds is 15. The monoisotopic (exact) mass is 692 g/mol. The Morgan fingerprint density at radius 3 is 1.48 bits per heavy atom. The van der Waals surface area contributed by atoms with Crippen LogP contribution in [0.1, 0.15) is 29.2 Å². The topological polar surface area (TPSA) is 75.6 Å². The summed E-state index contributed by atoms with van der Waals surface area (Å²) in [7, 11) is 0. The highest BCUT2D eigenvalue weighted by Crippen LogP contribution is 2.50. The van der Waals surface area contributed by atoms with Crippen LogP contribution in [-0.2, 0) is 54.8 Å². The average Bonchev–Trinajstić information content (AvgIpc) is 3.13. The van der Waals surface area contributed by atoms with Gasteiger partial charge in [-0.3, -0.25) is 0 Å². The van der Waals surface area contributed by atoms with Crippen LogP contribution in [0.25, 0.3) is 0 Å². The number of hydrogen-bond donors (Lipinski definition) is 1. The van der Waals surface area contributed by atoms with Gasteiger partial charge in [-0.15, -0.1) is 0 Å². The van der Waals surface area contributed by atoms with Gasteiger partial charge in [-0.2, -0.15) is 0 Å². The van der Waals surface area contributed by atoms with E-state index in [0.29, 0.717) is 19.8 Å². The Balaban J connectivity index is 1.32. The number of halogens is 2. The second kappa shape index (κ2) is 16.7. The molecule has 0 bridgehead atoms. The normalized spacial score (nSPS) is 28.1. The van der Waals surface area contributed by atoms with E-state index >= 15 is 0 Å². The molecule has 0 radical (unpaired) electrons. The summed E-state index contributed by atoms with van der Waals surface area (Å²) in [6.45, 7) is 3.33. The lowest BCUT2D eigenvalue weighted by Gasteiger charge is -2.53. The molecule has 0 aromatic heterocycles. The molecular formula is C39H42Cl2O7. The first-order chi connectivity index (χ1) is 23.4. The van der Waals surface area contributed by atoms with E-state index in [1.54, 1.807) is 0 Å². The van der Waals surface area contributed by atoms with Crippen molar-refractivity contribution in [2.45, 2.75) is 80.6 Å². The number of benzene rings is 4. The van der Waals surface area contributed by atoms with Crippen LogP contribution in [-0.4, -0.2) is 59.0 Å². The van der Waals surface area contributed by atoms with Gasteiger partial charge in [-0.1, -0.05) is 151 Å². The lowest BCUT2D eigenvalue weighted by Crippen LogP contribution is -2.68. The van der Waals surface area contributed by atoms with E-state index < -0.39 is 47.2 Å². The number of aliphatic hydroxyl groups excluding tert-OH is 1. The number of aliphatic hydroxyl groups is 1. The molecule has 254 valence electrons. The van der Waals surface area contributed by atoms with Gasteiger partial charge in [0.2, 0.25) is 0 Å². The Morgan fingerprint density at radius 2 is 1.02 bits per heavy atom. The molecule has 1 saturated carbocycles. The second-order valence-corrected chi connectivity index (χ2v) is 13.8. The third-order valence-corrected chi connectivity index (χ3v) is 9.75. The van der Waals surface area contributed by atoms with Crippen molar-refractivity contribution < 1.29 is 33.5 Å².